The van der Waals surface area contributed by atoms with Crippen molar-refractivity contribution in [2.45, 2.75) is 12.2 Å². The van der Waals surface area contributed by atoms with Crippen LogP contribution < -0.4 is 0 Å². The van der Waals surface area contributed by atoms with Gasteiger partial charge in [0, 0.05) is 6.54 Å². The van der Waals surface area contributed by atoms with Gasteiger partial charge in [-0.3, -0.25) is 0 Å². The maximum atomic E-state index is 10.3. The molecule has 1 unspecified atom stereocenters. The molecule has 1 atom stereocenters. The van der Waals surface area contributed by atoms with Gasteiger partial charge in [0.15, 0.2) is 0 Å². The number of hydrogen-bond acceptors (Lipinski definition) is 4. The zero-order valence-electron chi connectivity index (χ0n) is 7.27. The Labute approximate surface area is 79.2 Å². The minimum absolute atomic E-state index is 0. The fourth-order valence-corrected chi connectivity index (χ4v) is 1.09. The average molecular weight is 221 g/mol. The van der Waals surface area contributed by atoms with Gasteiger partial charge in [0.05, 0.1) is 15.4 Å². The molecule has 7 heteroatoms. The molecule has 0 aliphatic heterocycles. The van der Waals surface area contributed by atoms with Crippen molar-refractivity contribution in [3.8, 4) is 0 Å². The second-order valence-corrected chi connectivity index (χ2v) is 4.36. The summed E-state index contributed by atoms with van der Waals surface area (Å²) in [5, 5.41) is -0.817. The molecule has 0 saturated carbocycles. The molecule has 0 aliphatic rings. The van der Waals surface area contributed by atoms with Gasteiger partial charge in [-0.05, 0) is 21.0 Å². The molecule has 0 rings (SSSR count). The lowest BCUT2D eigenvalue weighted by Crippen LogP contribution is -2.30. The van der Waals surface area contributed by atoms with Gasteiger partial charge in [0.25, 0.3) is 0 Å². The standard InChI is InChI=1S/C5H13NO3S.ClH.H2O/c1-5(4-6(2)3)10(7,8)9;;/h5H,4H2,1-3H3,(H,7,8,9);1H;1H2/p-1. The van der Waals surface area contributed by atoms with Crippen molar-refractivity contribution in [1.82, 2.24) is 4.90 Å². The summed E-state index contributed by atoms with van der Waals surface area (Å²) in [6.45, 7) is 1.69. The third kappa shape index (κ3) is 8.22. The molecule has 0 aliphatic carbocycles. The van der Waals surface area contributed by atoms with Gasteiger partial charge < -0.3 is 14.9 Å². The smallest absolute Gasteiger partial charge is 0.0985 e. The Morgan fingerprint density at radius 1 is 1.42 bits per heavy atom. The van der Waals surface area contributed by atoms with Crippen LogP contribution in [0.2, 0.25) is 0 Å². The fourth-order valence-electron chi connectivity index (χ4n) is 0.606. The van der Waals surface area contributed by atoms with Gasteiger partial charge in [0.2, 0.25) is 0 Å². The average Bonchev–Trinajstić information content (AvgIpc) is 1.60. The molecule has 12 heavy (non-hydrogen) atoms. The summed E-state index contributed by atoms with van der Waals surface area (Å²) in [6.07, 6.45) is 0. The van der Waals surface area contributed by atoms with Crippen LogP contribution in [-0.4, -0.2) is 49.2 Å². The third-order valence-corrected chi connectivity index (χ3v) is 2.25. The van der Waals surface area contributed by atoms with E-state index in [4.69, 9.17) is 0 Å². The van der Waals surface area contributed by atoms with Crippen LogP contribution >= 0.6 is 12.4 Å². The van der Waals surface area contributed by atoms with Crippen LogP contribution in [0.25, 0.3) is 0 Å². The normalized spacial score (nSPS) is 13.1. The Bertz CT molecular complexity index is 192. The molecule has 5 nitrogen and oxygen atoms in total. The first kappa shape index (κ1) is 18.0. The molecule has 0 aromatic carbocycles. The van der Waals surface area contributed by atoms with E-state index >= 15 is 0 Å². The van der Waals surface area contributed by atoms with Crippen molar-refractivity contribution in [2.75, 3.05) is 20.6 Å². The van der Waals surface area contributed by atoms with Crippen molar-refractivity contribution in [1.29, 1.82) is 0 Å². The highest BCUT2D eigenvalue weighted by Gasteiger charge is 2.09. The van der Waals surface area contributed by atoms with Gasteiger partial charge in [-0.25, -0.2) is 8.42 Å². The summed E-state index contributed by atoms with van der Waals surface area (Å²) in [5.74, 6) is 0. The molecule has 0 heterocycles. The lowest BCUT2D eigenvalue weighted by atomic mass is 10.4. The summed E-state index contributed by atoms with van der Waals surface area (Å²) >= 11 is 0. The minimum atomic E-state index is -4.09. The zero-order chi connectivity index (χ0) is 8.36. The molecular weight excluding hydrogens is 206 g/mol. The van der Waals surface area contributed by atoms with Crippen LogP contribution in [0.15, 0.2) is 0 Å². The monoisotopic (exact) mass is 220 g/mol. The quantitative estimate of drug-likeness (QED) is 0.575. The third-order valence-electron chi connectivity index (χ3n) is 1.12. The van der Waals surface area contributed by atoms with Crippen LogP contribution in [0.3, 0.4) is 0 Å². The predicted octanol–water partition coefficient (Wildman–Crippen LogP) is -0.921. The SMILES string of the molecule is CC(CN(C)C)S(=O)(=O)[O-].Cl.O. The molecule has 0 spiro atoms. The molecule has 2 N–H and O–H groups in total. The molecule has 0 radical (unpaired) electrons. The highest BCUT2D eigenvalue weighted by atomic mass is 35.5. The highest BCUT2D eigenvalue weighted by Crippen LogP contribution is 1.97. The van der Waals surface area contributed by atoms with Crippen molar-refractivity contribution in [3.63, 3.8) is 0 Å². The van der Waals surface area contributed by atoms with Crippen molar-refractivity contribution in [2.24, 2.45) is 0 Å². The van der Waals surface area contributed by atoms with E-state index in [1.165, 1.54) is 6.92 Å². The lowest BCUT2D eigenvalue weighted by molar-refractivity contribution is 0.384. The van der Waals surface area contributed by atoms with Crippen molar-refractivity contribution in [3.05, 3.63) is 0 Å². The molecule has 0 saturated heterocycles. The van der Waals surface area contributed by atoms with E-state index in [0.717, 1.165) is 0 Å². The molecule has 0 aromatic rings. The van der Waals surface area contributed by atoms with Gasteiger partial charge in [-0.15, -0.1) is 12.4 Å². The van der Waals surface area contributed by atoms with Crippen LogP contribution in [0, 0.1) is 0 Å². The summed E-state index contributed by atoms with van der Waals surface area (Å²) in [7, 11) is -0.642. The van der Waals surface area contributed by atoms with E-state index in [2.05, 4.69) is 0 Å². The van der Waals surface area contributed by atoms with Crippen molar-refractivity contribution >= 4 is 22.5 Å². The number of rotatable bonds is 3. The van der Waals surface area contributed by atoms with Gasteiger partial charge in [-0.2, -0.15) is 0 Å². The fraction of sp³-hybridized carbons (Fsp3) is 1.00. The Morgan fingerprint density at radius 2 is 1.75 bits per heavy atom. The van der Waals surface area contributed by atoms with Crippen LogP contribution in [0.1, 0.15) is 6.92 Å². The first-order valence-corrected chi connectivity index (χ1v) is 4.40. The minimum Gasteiger partial charge on any atom is -0.748 e. The van der Waals surface area contributed by atoms with Crippen molar-refractivity contribution < 1.29 is 18.4 Å². The molecule has 78 valence electrons. The van der Waals surface area contributed by atoms with Crippen LogP contribution in [0.4, 0.5) is 0 Å². The Hall–Kier alpha value is 0.120. The summed E-state index contributed by atoms with van der Waals surface area (Å²) in [5.41, 5.74) is 0. The van der Waals surface area contributed by atoms with E-state index in [9.17, 15) is 13.0 Å². The van der Waals surface area contributed by atoms with E-state index in [1.807, 2.05) is 0 Å². The highest BCUT2D eigenvalue weighted by molar-refractivity contribution is 7.86. The number of nitrogens with zero attached hydrogens (tertiary/aromatic N) is 1. The predicted molar refractivity (Wildman–Crippen MR) is 48.6 cm³/mol. The van der Waals surface area contributed by atoms with Gasteiger partial charge >= 0.3 is 0 Å². The Balaban J connectivity index is -0.000000405. The van der Waals surface area contributed by atoms with E-state index in [0.29, 0.717) is 0 Å². The first-order valence-electron chi connectivity index (χ1n) is 2.93. The molecular formula is C5H15ClNO4S-. The maximum Gasteiger partial charge on any atom is 0.0985 e. The zero-order valence-corrected chi connectivity index (χ0v) is 8.91. The summed E-state index contributed by atoms with van der Waals surface area (Å²) < 4.78 is 30.9. The lowest BCUT2D eigenvalue weighted by Gasteiger charge is -2.19. The van der Waals surface area contributed by atoms with Crippen LogP contribution in [-0.2, 0) is 10.1 Å². The maximum absolute atomic E-state index is 10.3. The number of halogens is 1. The molecule has 0 amide bonds. The second kappa shape index (κ2) is 6.62. The van der Waals surface area contributed by atoms with Gasteiger partial charge in [0.1, 0.15) is 0 Å². The summed E-state index contributed by atoms with van der Waals surface area (Å²) in [6, 6.07) is 0. The topological polar surface area (TPSA) is 91.9 Å². The molecule has 0 aromatic heterocycles. The molecule has 0 fully saturated rings. The Morgan fingerprint density at radius 3 is 1.83 bits per heavy atom. The van der Waals surface area contributed by atoms with E-state index in [-0.39, 0.29) is 24.4 Å². The van der Waals surface area contributed by atoms with Crippen LogP contribution in [0.5, 0.6) is 0 Å². The van der Waals surface area contributed by atoms with E-state index < -0.39 is 15.4 Å². The van der Waals surface area contributed by atoms with Gasteiger partial charge in [-0.1, -0.05) is 0 Å². The summed E-state index contributed by atoms with van der Waals surface area (Å²) in [4.78, 5) is 1.67. The largest absolute Gasteiger partial charge is 0.748 e. The number of hydrogen-bond donors (Lipinski definition) is 0. The van der Waals surface area contributed by atoms with E-state index in [1.54, 1.807) is 19.0 Å². The molecule has 0 bridgehead atoms. The second-order valence-electron chi connectivity index (χ2n) is 2.57. The first-order chi connectivity index (χ1) is 4.34. The Kier molecular flexibility index (Phi) is 9.93.